The molecule has 2 amide bonds. The van der Waals surface area contributed by atoms with Gasteiger partial charge in [0, 0.05) is 13.5 Å². The Bertz CT molecular complexity index is 475. The second-order valence-corrected chi connectivity index (χ2v) is 5.03. The summed E-state index contributed by atoms with van der Waals surface area (Å²) in [5.41, 5.74) is 1.04. The van der Waals surface area contributed by atoms with Crippen LogP contribution in [-0.2, 0) is 20.7 Å². The molecule has 5 heteroatoms. The molecule has 5 nitrogen and oxygen atoms in total. The average Bonchev–Trinajstić information content (AvgIpc) is 2.44. The molecule has 1 aromatic rings. The molecule has 2 rings (SSSR count). The molecule has 0 bridgehead atoms. The molecule has 108 valence electrons. The zero-order chi connectivity index (χ0) is 14.5. The van der Waals surface area contributed by atoms with Crippen LogP contribution in [0.4, 0.5) is 0 Å². The van der Waals surface area contributed by atoms with Crippen molar-refractivity contribution < 1.29 is 14.3 Å². The molecule has 1 aromatic carbocycles. The van der Waals surface area contributed by atoms with E-state index in [1.54, 1.807) is 12.0 Å². The van der Waals surface area contributed by atoms with Gasteiger partial charge in [0.25, 0.3) is 0 Å². The van der Waals surface area contributed by atoms with Crippen molar-refractivity contribution in [3.8, 4) is 0 Å². The number of rotatable bonds is 5. The van der Waals surface area contributed by atoms with Gasteiger partial charge in [-0.15, -0.1) is 0 Å². The molecule has 20 heavy (non-hydrogen) atoms. The maximum Gasteiger partial charge on any atom is 0.243 e. The van der Waals surface area contributed by atoms with E-state index in [2.05, 4.69) is 5.32 Å². The van der Waals surface area contributed by atoms with E-state index in [9.17, 15) is 9.59 Å². The summed E-state index contributed by atoms with van der Waals surface area (Å²) in [6.07, 6.45) is 0.520. The fraction of sp³-hybridized carbons (Fsp3) is 0.467. The maximum atomic E-state index is 12.1. The molecule has 2 unspecified atom stereocenters. The second kappa shape index (κ2) is 6.52. The summed E-state index contributed by atoms with van der Waals surface area (Å²) in [5, 5.41) is 2.66. The Morgan fingerprint density at radius 3 is 2.70 bits per heavy atom. The molecule has 0 aromatic heterocycles. The van der Waals surface area contributed by atoms with Gasteiger partial charge >= 0.3 is 0 Å². The monoisotopic (exact) mass is 276 g/mol. The zero-order valence-corrected chi connectivity index (χ0v) is 11.8. The van der Waals surface area contributed by atoms with E-state index in [-0.39, 0.29) is 24.4 Å². The largest absolute Gasteiger partial charge is 0.383 e. The Labute approximate surface area is 118 Å². The van der Waals surface area contributed by atoms with Crippen LogP contribution in [0.2, 0.25) is 0 Å². The van der Waals surface area contributed by atoms with Gasteiger partial charge in [-0.1, -0.05) is 30.3 Å². The van der Waals surface area contributed by atoms with Gasteiger partial charge in [0.15, 0.2) is 0 Å². The topological polar surface area (TPSA) is 58.6 Å². The highest BCUT2D eigenvalue weighted by atomic mass is 16.5. The van der Waals surface area contributed by atoms with Gasteiger partial charge in [-0.25, -0.2) is 0 Å². The Morgan fingerprint density at radius 2 is 2.05 bits per heavy atom. The number of nitrogens with zero attached hydrogens (tertiary/aromatic N) is 1. The molecule has 2 atom stereocenters. The molecule has 1 heterocycles. The van der Waals surface area contributed by atoms with Crippen molar-refractivity contribution >= 4 is 11.8 Å². The summed E-state index contributed by atoms with van der Waals surface area (Å²) in [4.78, 5) is 25.9. The fourth-order valence-electron chi connectivity index (χ4n) is 2.57. The Morgan fingerprint density at radius 1 is 1.35 bits per heavy atom. The van der Waals surface area contributed by atoms with E-state index in [1.807, 2.05) is 37.3 Å². The SMILES string of the molecule is COCC(C)N1C(=O)CNC(=O)C1Cc1ccccc1. The molecule has 0 aliphatic carbocycles. The average molecular weight is 276 g/mol. The summed E-state index contributed by atoms with van der Waals surface area (Å²) < 4.78 is 5.11. The lowest BCUT2D eigenvalue weighted by molar-refractivity contribution is -0.149. The molecule has 0 spiro atoms. The first-order chi connectivity index (χ1) is 9.63. The van der Waals surface area contributed by atoms with Gasteiger partial charge in [-0.2, -0.15) is 0 Å². The summed E-state index contributed by atoms with van der Waals surface area (Å²) in [7, 11) is 1.59. The van der Waals surface area contributed by atoms with E-state index < -0.39 is 6.04 Å². The van der Waals surface area contributed by atoms with Crippen LogP contribution < -0.4 is 5.32 Å². The third-order valence-corrected chi connectivity index (χ3v) is 3.49. The van der Waals surface area contributed by atoms with Crippen LogP contribution in [0.25, 0.3) is 0 Å². The summed E-state index contributed by atoms with van der Waals surface area (Å²) in [5.74, 6) is -0.161. The van der Waals surface area contributed by atoms with Gasteiger partial charge in [0.1, 0.15) is 6.04 Å². The molecule has 0 radical (unpaired) electrons. The molecule has 1 N–H and O–H groups in total. The predicted molar refractivity (Wildman–Crippen MR) is 75.1 cm³/mol. The lowest BCUT2D eigenvalue weighted by Crippen LogP contribution is -2.62. The summed E-state index contributed by atoms with van der Waals surface area (Å²) in [6.45, 7) is 2.39. The van der Waals surface area contributed by atoms with Crippen LogP contribution in [0.5, 0.6) is 0 Å². The summed E-state index contributed by atoms with van der Waals surface area (Å²) in [6, 6.07) is 9.13. The standard InChI is InChI=1S/C15H20N2O3/c1-11(10-20-2)17-13(15(19)16-9-14(17)18)8-12-6-4-3-5-7-12/h3-7,11,13H,8-10H2,1-2H3,(H,16,19). The minimum absolute atomic E-state index is 0.0601. The molecule has 0 saturated carbocycles. The number of nitrogens with one attached hydrogen (secondary N) is 1. The Balaban J connectivity index is 2.19. The summed E-state index contributed by atoms with van der Waals surface area (Å²) >= 11 is 0. The third kappa shape index (κ3) is 3.17. The smallest absolute Gasteiger partial charge is 0.243 e. The zero-order valence-electron chi connectivity index (χ0n) is 11.8. The van der Waals surface area contributed by atoms with Crippen LogP contribution in [0.15, 0.2) is 30.3 Å². The van der Waals surface area contributed by atoms with Crippen molar-refractivity contribution in [3.63, 3.8) is 0 Å². The van der Waals surface area contributed by atoms with Crippen molar-refractivity contribution in [2.75, 3.05) is 20.3 Å². The van der Waals surface area contributed by atoms with E-state index in [0.29, 0.717) is 13.0 Å². The molecule has 1 aliphatic heterocycles. The first-order valence-corrected chi connectivity index (χ1v) is 6.75. The highest BCUT2D eigenvalue weighted by Crippen LogP contribution is 2.16. The van der Waals surface area contributed by atoms with Crippen molar-refractivity contribution in [2.45, 2.75) is 25.4 Å². The van der Waals surface area contributed by atoms with Crippen molar-refractivity contribution in [1.82, 2.24) is 10.2 Å². The predicted octanol–water partition coefficient (Wildman–Crippen LogP) is 0.591. The van der Waals surface area contributed by atoms with Gasteiger partial charge in [0.05, 0.1) is 19.2 Å². The van der Waals surface area contributed by atoms with E-state index >= 15 is 0 Å². The highest BCUT2D eigenvalue weighted by molar-refractivity contribution is 5.95. The molecule has 1 aliphatic rings. The van der Waals surface area contributed by atoms with Crippen LogP contribution in [0.3, 0.4) is 0 Å². The van der Waals surface area contributed by atoms with Gasteiger partial charge in [-0.05, 0) is 12.5 Å². The van der Waals surface area contributed by atoms with Gasteiger partial charge in [-0.3, -0.25) is 9.59 Å². The maximum absolute atomic E-state index is 12.1. The number of carbonyl (C=O) groups excluding carboxylic acids is 2. The number of benzene rings is 1. The van der Waals surface area contributed by atoms with Crippen LogP contribution in [0, 0.1) is 0 Å². The van der Waals surface area contributed by atoms with Crippen LogP contribution in [-0.4, -0.2) is 49.1 Å². The number of carbonyl (C=O) groups is 2. The van der Waals surface area contributed by atoms with Gasteiger partial charge in [0.2, 0.25) is 11.8 Å². The quantitative estimate of drug-likeness (QED) is 0.856. The molecule has 1 fully saturated rings. The van der Waals surface area contributed by atoms with E-state index in [4.69, 9.17) is 4.74 Å². The van der Waals surface area contributed by atoms with E-state index in [0.717, 1.165) is 5.56 Å². The lowest BCUT2D eigenvalue weighted by atomic mass is 10.0. The number of piperazine rings is 1. The van der Waals surface area contributed by atoms with Crippen molar-refractivity contribution in [3.05, 3.63) is 35.9 Å². The number of methoxy groups -OCH3 is 1. The number of hydrogen-bond acceptors (Lipinski definition) is 3. The van der Waals surface area contributed by atoms with Crippen molar-refractivity contribution in [2.24, 2.45) is 0 Å². The molecular weight excluding hydrogens is 256 g/mol. The molecule has 1 saturated heterocycles. The minimum Gasteiger partial charge on any atom is -0.383 e. The third-order valence-electron chi connectivity index (χ3n) is 3.49. The molecular formula is C15H20N2O3. The lowest BCUT2D eigenvalue weighted by Gasteiger charge is -2.39. The normalized spacial score (nSPS) is 20.7. The second-order valence-electron chi connectivity index (χ2n) is 5.03. The Kier molecular flexibility index (Phi) is 4.74. The highest BCUT2D eigenvalue weighted by Gasteiger charge is 2.37. The fourth-order valence-corrected chi connectivity index (χ4v) is 2.57. The Hall–Kier alpha value is -1.88. The van der Waals surface area contributed by atoms with Crippen LogP contribution in [0.1, 0.15) is 12.5 Å². The first kappa shape index (κ1) is 14.5. The minimum atomic E-state index is -0.469. The number of hydrogen-bond donors (Lipinski definition) is 1. The van der Waals surface area contributed by atoms with Crippen molar-refractivity contribution in [1.29, 1.82) is 0 Å². The van der Waals surface area contributed by atoms with E-state index in [1.165, 1.54) is 0 Å². The number of ether oxygens (including phenoxy) is 1. The first-order valence-electron chi connectivity index (χ1n) is 6.75. The van der Waals surface area contributed by atoms with Crippen LogP contribution >= 0.6 is 0 Å². The number of amides is 2. The van der Waals surface area contributed by atoms with Gasteiger partial charge < -0.3 is 15.0 Å².